The summed E-state index contributed by atoms with van der Waals surface area (Å²) in [5.41, 5.74) is 1.14. The Morgan fingerprint density at radius 3 is 2.44 bits per heavy atom. The summed E-state index contributed by atoms with van der Waals surface area (Å²) in [5, 5.41) is 3.30. The molecular weight excluding hydrogens is 336 g/mol. The highest BCUT2D eigenvalue weighted by atomic mass is 32.2. The first kappa shape index (κ1) is 19.9. The number of amides is 1. The van der Waals surface area contributed by atoms with Crippen molar-refractivity contribution in [3.05, 3.63) is 29.8 Å². The first-order chi connectivity index (χ1) is 12.0. The number of carbonyl (C=O) groups excluding carboxylic acids is 1. The highest BCUT2D eigenvalue weighted by Gasteiger charge is 2.20. The van der Waals surface area contributed by atoms with Gasteiger partial charge in [0.25, 0.3) is 10.0 Å². The number of rotatable bonds is 10. The quantitative estimate of drug-likeness (QED) is 0.623. The van der Waals surface area contributed by atoms with Crippen molar-refractivity contribution in [3.63, 3.8) is 0 Å². The fourth-order valence-electron chi connectivity index (χ4n) is 3.18. The van der Waals surface area contributed by atoms with Crippen LogP contribution in [0.2, 0.25) is 0 Å². The lowest BCUT2D eigenvalue weighted by Gasteiger charge is -2.11. The molecular formula is C19H30N2O3S. The molecule has 0 spiro atoms. The van der Waals surface area contributed by atoms with E-state index >= 15 is 0 Å². The molecule has 1 atom stereocenters. The van der Waals surface area contributed by atoms with Gasteiger partial charge in [-0.05, 0) is 43.0 Å². The van der Waals surface area contributed by atoms with Gasteiger partial charge in [-0.15, -0.1) is 0 Å². The van der Waals surface area contributed by atoms with E-state index < -0.39 is 15.9 Å². The van der Waals surface area contributed by atoms with Gasteiger partial charge in [0.05, 0.1) is 4.90 Å². The Hall–Kier alpha value is -1.40. The van der Waals surface area contributed by atoms with E-state index in [0.29, 0.717) is 5.92 Å². The van der Waals surface area contributed by atoms with E-state index in [1.807, 2.05) is 12.1 Å². The van der Waals surface area contributed by atoms with E-state index in [9.17, 15) is 13.2 Å². The van der Waals surface area contributed by atoms with Gasteiger partial charge in [0, 0.05) is 13.0 Å². The number of sulfonamides is 1. The van der Waals surface area contributed by atoms with Crippen LogP contribution in [-0.4, -0.2) is 27.4 Å². The maximum atomic E-state index is 12.3. The van der Waals surface area contributed by atoms with Crippen molar-refractivity contribution in [2.45, 2.75) is 69.1 Å². The lowest BCUT2D eigenvalue weighted by molar-refractivity contribution is -0.119. The first-order valence-corrected chi connectivity index (χ1v) is 10.9. The Kier molecular flexibility index (Phi) is 7.90. The van der Waals surface area contributed by atoms with Crippen LogP contribution in [0.5, 0.6) is 0 Å². The van der Waals surface area contributed by atoms with Crippen molar-refractivity contribution in [2.24, 2.45) is 0 Å². The van der Waals surface area contributed by atoms with Crippen LogP contribution in [0.15, 0.2) is 29.2 Å². The van der Waals surface area contributed by atoms with Crippen LogP contribution in [0.1, 0.15) is 69.8 Å². The molecule has 1 saturated heterocycles. The van der Waals surface area contributed by atoms with Gasteiger partial charge in [-0.2, -0.15) is 0 Å². The molecule has 25 heavy (non-hydrogen) atoms. The number of benzene rings is 1. The van der Waals surface area contributed by atoms with Gasteiger partial charge in [-0.3, -0.25) is 4.79 Å². The summed E-state index contributed by atoms with van der Waals surface area (Å²) in [6.45, 7) is 4.09. The molecule has 1 aromatic carbocycles. The second kappa shape index (κ2) is 9.92. The maximum absolute atomic E-state index is 12.3. The predicted octanol–water partition coefficient (Wildman–Crippen LogP) is 3.32. The average molecular weight is 367 g/mol. The molecule has 1 fully saturated rings. The zero-order valence-electron chi connectivity index (χ0n) is 15.1. The third kappa shape index (κ3) is 6.44. The summed E-state index contributed by atoms with van der Waals surface area (Å²) in [6, 6.07) is 6.89. The molecule has 1 heterocycles. The lowest BCUT2D eigenvalue weighted by Crippen LogP contribution is -2.30. The van der Waals surface area contributed by atoms with Crippen LogP contribution in [0.25, 0.3) is 0 Å². The zero-order valence-corrected chi connectivity index (χ0v) is 15.9. The van der Waals surface area contributed by atoms with Gasteiger partial charge in [-0.25, -0.2) is 13.1 Å². The van der Waals surface area contributed by atoms with Gasteiger partial charge in [0.2, 0.25) is 5.91 Å². The molecule has 6 heteroatoms. The smallest absolute Gasteiger partial charge is 0.264 e. The summed E-state index contributed by atoms with van der Waals surface area (Å²) in [5.74, 6) is 0.0265. The minimum Gasteiger partial charge on any atom is -0.316 e. The minimum absolute atomic E-state index is 0.151. The molecule has 0 radical (unpaired) electrons. The van der Waals surface area contributed by atoms with Crippen LogP contribution >= 0.6 is 0 Å². The molecule has 140 valence electrons. The fraction of sp³-hybridized carbons (Fsp3) is 0.632. The highest BCUT2D eigenvalue weighted by molar-refractivity contribution is 7.90. The molecule has 1 aliphatic rings. The summed E-state index contributed by atoms with van der Waals surface area (Å²) in [6.07, 6.45) is 7.72. The van der Waals surface area contributed by atoms with E-state index in [-0.39, 0.29) is 11.3 Å². The number of hydrogen-bond donors (Lipinski definition) is 2. The maximum Gasteiger partial charge on any atom is 0.264 e. The number of hydrogen-bond acceptors (Lipinski definition) is 4. The van der Waals surface area contributed by atoms with Crippen LogP contribution in [-0.2, 0) is 14.8 Å². The van der Waals surface area contributed by atoms with Gasteiger partial charge in [0.15, 0.2) is 0 Å². The lowest BCUT2D eigenvalue weighted by atomic mass is 9.99. The molecule has 1 aromatic rings. The predicted molar refractivity (Wildman–Crippen MR) is 100.0 cm³/mol. The van der Waals surface area contributed by atoms with Crippen molar-refractivity contribution in [1.82, 2.24) is 10.0 Å². The molecule has 2 rings (SSSR count). The monoisotopic (exact) mass is 366 g/mol. The standard InChI is InChI=1S/C19H30N2O3S/c1-2-3-4-5-6-7-8-19(22)21-25(23,24)18-11-9-16(10-12-18)17-13-14-20-15-17/h9-12,17,20H,2-8,13-15H2,1H3,(H,21,22). The molecule has 0 aliphatic carbocycles. The normalized spacial score (nSPS) is 17.6. The number of unbranched alkanes of at least 4 members (excludes halogenated alkanes) is 5. The molecule has 0 saturated carbocycles. The molecule has 2 N–H and O–H groups in total. The van der Waals surface area contributed by atoms with E-state index in [4.69, 9.17) is 0 Å². The van der Waals surface area contributed by atoms with Crippen LogP contribution < -0.4 is 10.0 Å². The molecule has 0 aromatic heterocycles. The second-order valence-electron chi connectivity index (χ2n) is 6.81. The SMILES string of the molecule is CCCCCCCCC(=O)NS(=O)(=O)c1ccc(C2CCNC2)cc1. The highest BCUT2D eigenvalue weighted by Crippen LogP contribution is 2.23. The fourth-order valence-corrected chi connectivity index (χ4v) is 4.20. The van der Waals surface area contributed by atoms with E-state index in [0.717, 1.165) is 44.3 Å². The van der Waals surface area contributed by atoms with Crippen molar-refractivity contribution in [2.75, 3.05) is 13.1 Å². The number of nitrogens with one attached hydrogen (secondary N) is 2. The van der Waals surface area contributed by atoms with Crippen LogP contribution in [0, 0.1) is 0 Å². The molecule has 1 unspecified atom stereocenters. The van der Waals surface area contributed by atoms with Gasteiger partial charge in [0.1, 0.15) is 0 Å². The van der Waals surface area contributed by atoms with Crippen molar-refractivity contribution in [3.8, 4) is 0 Å². The first-order valence-electron chi connectivity index (χ1n) is 9.39. The Morgan fingerprint density at radius 2 is 1.80 bits per heavy atom. The largest absolute Gasteiger partial charge is 0.316 e. The van der Waals surface area contributed by atoms with Crippen molar-refractivity contribution >= 4 is 15.9 Å². The van der Waals surface area contributed by atoms with Gasteiger partial charge >= 0.3 is 0 Å². The Bertz CT molecular complexity index is 635. The van der Waals surface area contributed by atoms with E-state index in [1.54, 1.807) is 12.1 Å². The zero-order chi connectivity index (χ0) is 18.1. The minimum atomic E-state index is -3.77. The third-order valence-corrected chi connectivity index (χ3v) is 6.12. The summed E-state index contributed by atoms with van der Waals surface area (Å²) < 4.78 is 26.8. The Balaban J connectivity index is 1.80. The third-order valence-electron chi connectivity index (χ3n) is 4.73. The number of carbonyl (C=O) groups is 1. The van der Waals surface area contributed by atoms with Gasteiger partial charge in [-0.1, -0.05) is 51.2 Å². The van der Waals surface area contributed by atoms with Gasteiger partial charge < -0.3 is 5.32 Å². The summed E-state index contributed by atoms with van der Waals surface area (Å²) in [7, 11) is -3.77. The van der Waals surface area contributed by atoms with Crippen LogP contribution in [0.3, 0.4) is 0 Å². The van der Waals surface area contributed by atoms with E-state index in [1.165, 1.54) is 19.3 Å². The Morgan fingerprint density at radius 1 is 1.12 bits per heavy atom. The molecule has 1 aliphatic heterocycles. The Labute approximate surface area is 151 Å². The van der Waals surface area contributed by atoms with E-state index in [2.05, 4.69) is 17.0 Å². The van der Waals surface area contributed by atoms with Crippen LogP contribution in [0.4, 0.5) is 0 Å². The van der Waals surface area contributed by atoms with Crippen molar-refractivity contribution < 1.29 is 13.2 Å². The molecule has 1 amide bonds. The molecule has 0 bridgehead atoms. The summed E-state index contributed by atoms with van der Waals surface area (Å²) in [4.78, 5) is 12.0. The molecule has 5 nitrogen and oxygen atoms in total. The van der Waals surface area contributed by atoms with Crippen molar-refractivity contribution in [1.29, 1.82) is 0 Å². The topological polar surface area (TPSA) is 75.3 Å². The average Bonchev–Trinajstić information content (AvgIpc) is 3.12. The summed E-state index contributed by atoms with van der Waals surface area (Å²) >= 11 is 0. The second-order valence-corrected chi connectivity index (χ2v) is 8.49.